The minimum Gasteiger partial charge on any atom is -0.356 e. The fourth-order valence-electron chi connectivity index (χ4n) is 4.12. The van der Waals surface area contributed by atoms with Crippen LogP contribution >= 0.6 is 0 Å². The van der Waals surface area contributed by atoms with Gasteiger partial charge in [0.25, 0.3) is 0 Å². The van der Waals surface area contributed by atoms with Gasteiger partial charge in [-0.1, -0.05) is 36.4 Å². The van der Waals surface area contributed by atoms with Gasteiger partial charge in [-0.15, -0.1) is 10.2 Å². The lowest BCUT2D eigenvalue weighted by molar-refractivity contribution is 0.158. The molecule has 1 fully saturated rings. The van der Waals surface area contributed by atoms with Crippen molar-refractivity contribution in [3.8, 4) is 0 Å². The Hall–Kier alpha value is -2.93. The highest BCUT2D eigenvalue weighted by Crippen LogP contribution is 2.23. The summed E-state index contributed by atoms with van der Waals surface area (Å²) >= 11 is 0. The van der Waals surface area contributed by atoms with Gasteiger partial charge in [0.15, 0.2) is 11.6 Å². The molecule has 0 bridgehead atoms. The summed E-state index contributed by atoms with van der Waals surface area (Å²) in [6.45, 7) is 5.25. The van der Waals surface area contributed by atoms with Crippen LogP contribution in [0.25, 0.3) is 5.65 Å². The van der Waals surface area contributed by atoms with Crippen LogP contribution in [-0.2, 0) is 6.42 Å². The van der Waals surface area contributed by atoms with Gasteiger partial charge in [-0.05, 0) is 37.5 Å². The fourth-order valence-corrected chi connectivity index (χ4v) is 4.12. The first-order chi connectivity index (χ1) is 14.7. The summed E-state index contributed by atoms with van der Waals surface area (Å²) in [5.74, 6) is 1.81. The Balaban J connectivity index is 1.23. The third-order valence-corrected chi connectivity index (χ3v) is 5.95. The van der Waals surface area contributed by atoms with Crippen LogP contribution in [-0.4, -0.2) is 58.2 Å². The summed E-state index contributed by atoms with van der Waals surface area (Å²) in [5, 5.41) is 15.5. The molecule has 2 N–H and O–H groups in total. The minimum absolute atomic E-state index is 0.448. The number of fused-ring (bicyclic) bond motifs is 1. The lowest BCUT2D eigenvalue weighted by Crippen LogP contribution is -2.49. The molecule has 158 valence electrons. The summed E-state index contributed by atoms with van der Waals surface area (Å²) in [6, 6.07) is 17.6. The number of hydrogen-bond donors (Lipinski definition) is 2. The number of aromatic nitrogens is 3. The fraction of sp³-hybridized carbons (Fsp3) is 0.435. The van der Waals surface area contributed by atoms with Crippen LogP contribution in [0.4, 0.5) is 0 Å². The minimum atomic E-state index is 0.448. The molecule has 0 radical (unpaired) electrons. The zero-order valence-corrected chi connectivity index (χ0v) is 17.8. The van der Waals surface area contributed by atoms with Crippen LogP contribution in [0.2, 0.25) is 0 Å². The molecule has 3 heterocycles. The van der Waals surface area contributed by atoms with Crippen molar-refractivity contribution in [2.24, 2.45) is 4.99 Å². The summed E-state index contributed by atoms with van der Waals surface area (Å²) < 4.78 is 2.03. The van der Waals surface area contributed by atoms with Crippen molar-refractivity contribution in [2.45, 2.75) is 38.3 Å². The van der Waals surface area contributed by atoms with Crippen molar-refractivity contribution in [3.05, 3.63) is 66.1 Å². The Kier molecular flexibility index (Phi) is 6.59. The maximum Gasteiger partial charge on any atom is 0.191 e. The Bertz CT molecular complexity index is 958. The third kappa shape index (κ3) is 4.79. The van der Waals surface area contributed by atoms with E-state index in [-0.39, 0.29) is 0 Å². The number of likely N-dealkylation sites (tertiary alicyclic amines) is 1. The number of piperidine rings is 1. The van der Waals surface area contributed by atoms with E-state index in [0.717, 1.165) is 56.3 Å². The number of aliphatic imine (C=N–C) groups is 1. The zero-order valence-electron chi connectivity index (χ0n) is 17.8. The molecule has 1 unspecified atom stereocenters. The van der Waals surface area contributed by atoms with Crippen LogP contribution < -0.4 is 10.6 Å². The van der Waals surface area contributed by atoms with Gasteiger partial charge in [-0.3, -0.25) is 14.3 Å². The molecule has 7 nitrogen and oxygen atoms in total. The maximum absolute atomic E-state index is 4.40. The molecule has 2 aromatic heterocycles. The molecule has 0 aliphatic carbocycles. The monoisotopic (exact) mass is 405 g/mol. The van der Waals surface area contributed by atoms with E-state index in [1.807, 2.05) is 35.8 Å². The number of benzene rings is 1. The normalized spacial score (nSPS) is 17.2. The first-order valence-electron chi connectivity index (χ1n) is 10.8. The van der Waals surface area contributed by atoms with Crippen molar-refractivity contribution in [1.29, 1.82) is 0 Å². The molecule has 1 aliphatic rings. The molecule has 0 saturated carbocycles. The van der Waals surface area contributed by atoms with Gasteiger partial charge >= 0.3 is 0 Å². The number of pyridine rings is 1. The SMILES string of the molecule is CN=C(NCCc1nnc2ccccn12)NC1CCN(C(C)c2ccccc2)CC1. The van der Waals surface area contributed by atoms with Crippen molar-refractivity contribution >= 4 is 11.6 Å². The van der Waals surface area contributed by atoms with Crippen molar-refractivity contribution in [1.82, 2.24) is 30.1 Å². The summed E-state index contributed by atoms with van der Waals surface area (Å²) in [5.41, 5.74) is 2.27. The Labute approximate surface area is 178 Å². The van der Waals surface area contributed by atoms with E-state index in [9.17, 15) is 0 Å². The number of rotatable bonds is 6. The average Bonchev–Trinajstić information content (AvgIpc) is 3.22. The quantitative estimate of drug-likeness (QED) is 0.487. The Morgan fingerprint density at radius 2 is 1.87 bits per heavy atom. The summed E-state index contributed by atoms with van der Waals surface area (Å²) in [4.78, 5) is 6.97. The van der Waals surface area contributed by atoms with Gasteiger partial charge in [-0.2, -0.15) is 0 Å². The van der Waals surface area contributed by atoms with Gasteiger partial charge in [0.05, 0.1) is 0 Å². The highest BCUT2D eigenvalue weighted by molar-refractivity contribution is 5.79. The van der Waals surface area contributed by atoms with Gasteiger partial charge in [-0.25, -0.2) is 0 Å². The molecule has 1 saturated heterocycles. The molecule has 30 heavy (non-hydrogen) atoms. The molecule has 0 spiro atoms. The highest BCUT2D eigenvalue weighted by Gasteiger charge is 2.24. The first-order valence-corrected chi connectivity index (χ1v) is 10.8. The van der Waals surface area contributed by atoms with Crippen LogP contribution in [0.3, 0.4) is 0 Å². The molecular weight excluding hydrogens is 374 g/mol. The highest BCUT2D eigenvalue weighted by atomic mass is 15.3. The second kappa shape index (κ2) is 9.71. The van der Waals surface area contributed by atoms with E-state index in [1.165, 1.54) is 5.56 Å². The van der Waals surface area contributed by atoms with E-state index in [4.69, 9.17) is 0 Å². The first kappa shape index (κ1) is 20.3. The smallest absolute Gasteiger partial charge is 0.191 e. The van der Waals surface area contributed by atoms with Gasteiger partial charge < -0.3 is 10.6 Å². The van der Waals surface area contributed by atoms with E-state index < -0.39 is 0 Å². The topological polar surface area (TPSA) is 69.8 Å². The third-order valence-electron chi connectivity index (χ3n) is 5.95. The molecule has 4 rings (SSSR count). The van der Waals surface area contributed by atoms with E-state index in [1.54, 1.807) is 0 Å². The van der Waals surface area contributed by atoms with E-state index in [2.05, 4.69) is 68.0 Å². The largest absolute Gasteiger partial charge is 0.356 e. The van der Waals surface area contributed by atoms with Crippen molar-refractivity contribution < 1.29 is 0 Å². The Morgan fingerprint density at radius 1 is 1.10 bits per heavy atom. The summed E-state index contributed by atoms with van der Waals surface area (Å²) in [6.07, 6.45) is 5.03. The zero-order chi connectivity index (χ0) is 20.8. The number of nitrogens with zero attached hydrogens (tertiary/aromatic N) is 5. The summed E-state index contributed by atoms with van der Waals surface area (Å²) in [7, 11) is 1.83. The molecule has 1 atom stereocenters. The molecule has 0 amide bonds. The van der Waals surface area contributed by atoms with E-state index >= 15 is 0 Å². The standard InChI is InChI=1S/C23H31N7/c1-18(19-8-4-3-5-9-19)29-16-12-20(13-17-29)26-23(24-2)25-14-11-22-28-27-21-10-6-7-15-30(21)22/h3-10,15,18,20H,11-14,16-17H2,1-2H3,(H2,24,25,26). The van der Waals surface area contributed by atoms with Crippen molar-refractivity contribution in [3.63, 3.8) is 0 Å². The lowest BCUT2D eigenvalue weighted by atomic mass is 10.0. The van der Waals surface area contributed by atoms with Crippen LogP contribution in [0.1, 0.15) is 37.2 Å². The van der Waals surface area contributed by atoms with E-state index in [0.29, 0.717) is 12.1 Å². The number of nitrogens with one attached hydrogen (secondary N) is 2. The van der Waals surface area contributed by atoms with Crippen LogP contribution in [0.15, 0.2) is 59.7 Å². The second-order valence-corrected chi connectivity index (χ2v) is 7.84. The van der Waals surface area contributed by atoms with Gasteiger partial charge in [0.1, 0.15) is 5.82 Å². The number of hydrogen-bond acceptors (Lipinski definition) is 4. The second-order valence-electron chi connectivity index (χ2n) is 7.84. The van der Waals surface area contributed by atoms with Crippen molar-refractivity contribution in [2.75, 3.05) is 26.7 Å². The van der Waals surface area contributed by atoms with Crippen LogP contribution in [0, 0.1) is 0 Å². The van der Waals surface area contributed by atoms with Crippen LogP contribution in [0.5, 0.6) is 0 Å². The Morgan fingerprint density at radius 3 is 2.63 bits per heavy atom. The van der Waals surface area contributed by atoms with Gasteiger partial charge in [0.2, 0.25) is 0 Å². The van der Waals surface area contributed by atoms with Gasteiger partial charge in [0, 0.05) is 51.4 Å². The molecule has 1 aliphatic heterocycles. The molecule has 3 aromatic rings. The predicted molar refractivity (Wildman–Crippen MR) is 121 cm³/mol. The molecular formula is C23H31N7. The molecule has 7 heteroatoms. The average molecular weight is 406 g/mol. The molecule has 1 aromatic carbocycles. The number of guanidine groups is 1. The predicted octanol–water partition coefficient (Wildman–Crippen LogP) is 2.66. The lowest BCUT2D eigenvalue weighted by Gasteiger charge is -2.37. The maximum atomic E-state index is 4.40.